The molecule has 0 fully saturated rings. The first-order valence-corrected chi connectivity index (χ1v) is 7.85. The number of para-hydroxylation sites is 1. The Hall–Kier alpha value is -3.26. The lowest BCUT2D eigenvalue weighted by Gasteiger charge is -2.17. The summed E-state index contributed by atoms with van der Waals surface area (Å²) in [4.78, 5) is 24.3. The van der Waals surface area contributed by atoms with Gasteiger partial charge in [-0.2, -0.15) is 0 Å². The van der Waals surface area contributed by atoms with Gasteiger partial charge in [0.05, 0.1) is 19.8 Å². The number of ether oxygens (including phenoxy) is 2. The molecule has 0 aliphatic carbocycles. The number of anilines is 1. The minimum atomic E-state index is -0.528. The van der Waals surface area contributed by atoms with E-state index >= 15 is 0 Å². The number of nitrogen functional groups attached to an aromatic ring is 1. The third kappa shape index (κ3) is 4.64. The standard InChI is InChI=1S/C18H22N4O4/c1-25-13-8-7-12(16(9-13)26-2)10-21-17(23)11-22(20)18(24)14-5-3-4-6-15(14)19/h3-9H,10-11,19-20H2,1-2H3,(H,21,23). The topological polar surface area (TPSA) is 120 Å². The smallest absolute Gasteiger partial charge is 0.270 e. The number of carbonyl (C=O) groups excluding carboxylic acids is 2. The highest BCUT2D eigenvalue weighted by molar-refractivity contribution is 6.00. The zero-order valence-electron chi connectivity index (χ0n) is 14.7. The van der Waals surface area contributed by atoms with Crippen LogP contribution in [0.25, 0.3) is 0 Å². The number of rotatable bonds is 7. The van der Waals surface area contributed by atoms with Crippen molar-refractivity contribution in [2.45, 2.75) is 6.54 Å². The molecular weight excluding hydrogens is 336 g/mol. The molecule has 0 radical (unpaired) electrons. The normalized spacial score (nSPS) is 10.1. The molecule has 0 bridgehead atoms. The Kier molecular flexibility index (Phi) is 6.40. The molecule has 0 unspecified atom stereocenters. The predicted octanol–water partition coefficient (Wildman–Crippen LogP) is 0.918. The van der Waals surface area contributed by atoms with Gasteiger partial charge in [-0.25, -0.2) is 5.84 Å². The van der Waals surface area contributed by atoms with E-state index in [2.05, 4.69) is 5.32 Å². The van der Waals surface area contributed by atoms with E-state index in [0.29, 0.717) is 17.2 Å². The average Bonchev–Trinajstić information content (AvgIpc) is 2.65. The van der Waals surface area contributed by atoms with E-state index in [1.807, 2.05) is 0 Å². The number of amides is 2. The maximum absolute atomic E-state index is 12.3. The van der Waals surface area contributed by atoms with Gasteiger partial charge in [0.1, 0.15) is 18.0 Å². The molecule has 0 saturated carbocycles. The van der Waals surface area contributed by atoms with Crippen molar-refractivity contribution in [3.05, 3.63) is 53.6 Å². The lowest BCUT2D eigenvalue weighted by Crippen LogP contribution is -2.45. The first-order chi connectivity index (χ1) is 12.5. The summed E-state index contributed by atoms with van der Waals surface area (Å²) >= 11 is 0. The highest BCUT2D eigenvalue weighted by Crippen LogP contribution is 2.24. The van der Waals surface area contributed by atoms with Gasteiger partial charge in [-0.3, -0.25) is 14.6 Å². The summed E-state index contributed by atoms with van der Waals surface area (Å²) in [6, 6.07) is 11.8. The molecule has 8 heteroatoms. The number of hydrogen-bond acceptors (Lipinski definition) is 6. The van der Waals surface area contributed by atoms with Gasteiger partial charge in [-0.05, 0) is 24.3 Å². The minimum absolute atomic E-state index is 0.224. The third-order valence-electron chi connectivity index (χ3n) is 3.74. The predicted molar refractivity (Wildman–Crippen MR) is 97.5 cm³/mol. The number of nitrogens with zero attached hydrogens (tertiary/aromatic N) is 1. The average molecular weight is 358 g/mol. The maximum atomic E-state index is 12.3. The van der Waals surface area contributed by atoms with Crippen molar-refractivity contribution >= 4 is 17.5 Å². The molecule has 0 spiro atoms. The Morgan fingerprint density at radius 1 is 1.12 bits per heavy atom. The number of hydrogen-bond donors (Lipinski definition) is 3. The summed E-state index contributed by atoms with van der Waals surface area (Å²) in [5, 5.41) is 3.52. The second-order valence-electron chi connectivity index (χ2n) is 5.47. The lowest BCUT2D eigenvalue weighted by atomic mass is 10.1. The zero-order chi connectivity index (χ0) is 19.1. The summed E-state index contributed by atoms with van der Waals surface area (Å²) in [7, 11) is 3.09. The summed E-state index contributed by atoms with van der Waals surface area (Å²) < 4.78 is 10.4. The minimum Gasteiger partial charge on any atom is -0.497 e. The van der Waals surface area contributed by atoms with Crippen LogP contribution in [0.2, 0.25) is 0 Å². The van der Waals surface area contributed by atoms with Crippen LogP contribution in [0.4, 0.5) is 5.69 Å². The number of hydrazine groups is 1. The van der Waals surface area contributed by atoms with Gasteiger partial charge in [0.15, 0.2) is 0 Å². The van der Waals surface area contributed by atoms with Crippen LogP contribution in [0.1, 0.15) is 15.9 Å². The zero-order valence-corrected chi connectivity index (χ0v) is 14.7. The van der Waals surface area contributed by atoms with Crippen LogP contribution in [-0.4, -0.2) is 37.6 Å². The molecule has 2 aromatic rings. The Balaban J connectivity index is 1.94. The number of carbonyl (C=O) groups is 2. The molecule has 2 amide bonds. The molecule has 0 aliphatic rings. The lowest BCUT2D eigenvalue weighted by molar-refractivity contribution is -0.122. The van der Waals surface area contributed by atoms with Gasteiger partial charge in [0, 0.05) is 23.9 Å². The molecule has 0 saturated heterocycles. The second-order valence-corrected chi connectivity index (χ2v) is 5.47. The fraction of sp³-hybridized carbons (Fsp3) is 0.222. The van der Waals surface area contributed by atoms with Crippen molar-refractivity contribution < 1.29 is 19.1 Å². The molecule has 138 valence electrons. The Morgan fingerprint density at radius 2 is 1.85 bits per heavy atom. The third-order valence-corrected chi connectivity index (χ3v) is 3.74. The molecule has 2 aromatic carbocycles. The monoisotopic (exact) mass is 358 g/mol. The second kappa shape index (κ2) is 8.72. The van der Waals surface area contributed by atoms with E-state index in [1.165, 1.54) is 7.11 Å². The van der Waals surface area contributed by atoms with Gasteiger partial charge >= 0.3 is 0 Å². The van der Waals surface area contributed by atoms with Gasteiger partial charge < -0.3 is 20.5 Å². The largest absolute Gasteiger partial charge is 0.497 e. The van der Waals surface area contributed by atoms with E-state index < -0.39 is 11.8 Å². The van der Waals surface area contributed by atoms with E-state index in [-0.39, 0.29) is 18.7 Å². The van der Waals surface area contributed by atoms with Crippen molar-refractivity contribution in [2.24, 2.45) is 5.84 Å². The van der Waals surface area contributed by atoms with Crippen molar-refractivity contribution in [2.75, 3.05) is 26.5 Å². The first kappa shape index (κ1) is 19.1. The van der Waals surface area contributed by atoms with Gasteiger partial charge in [-0.1, -0.05) is 12.1 Å². The van der Waals surface area contributed by atoms with E-state index in [9.17, 15) is 9.59 Å². The van der Waals surface area contributed by atoms with Crippen molar-refractivity contribution in [1.29, 1.82) is 0 Å². The maximum Gasteiger partial charge on any atom is 0.270 e. The highest BCUT2D eigenvalue weighted by atomic mass is 16.5. The van der Waals surface area contributed by atoms with E-state index in [1.54, 1.807) is 49.6 Å². The van der Waals surface area contributed by atoms with Crippen LogP contribution in [0.3, 0.4) is 0 Å². The number of methoxy groups -OCH3 is 2. The number of nitrogens with two attached hydrogens (primary N) is 2. The van der Waals surface area contributed by atoms with Crippen molar-refractivity contribution in [1.82, 2.24) is 10.3 Å². The van der Waals surface area contributed by atoms with E-state index in [4.69, 9.17) is 21.1 Å². The molecule has 0 heterocycles. The van der Waals surface area contributed by atoms with Crippen LogP contribution in [0.15, 0.2) is 42.5 Å². The van der Waals surface area contributed by atoms with E-state index in [0.717, 1.165) is 10.6 Å². The summed E-state index contributed by atoms with van der Waals surface area (Å²) in [6.45, 7) is -0.0762. The fourth-order valence-electron chi connectivity index (χ4n) is 2.32. The van der Waals surface area contributed by atoms with Crippen molar-refractivity contribution in [3.8, 4) is 11.5 Å². The van der Waals surface area contributed by atoms with Crippen LogP contribution in [-0.2, 0) is 11.3 Å². The first-order valence-electron chi connectivity index (χ1n) is 7.85. The Labute approximate surface area is 151 Å². The molecule has 0 aromatic heterocycles. The van der Waals surface area contributed by atoms with Crippen LogP contribution in [0, 0.1) is 0 Å². The van der Waals surface area contributed by atoms with Crippen LogP contribution in [0.5, 0.6) is 11.5 Å². The molecule has 0 atom stereocenters. The summed E-state index contributed by atoms with van der Waals surface area (Å²) in [5.41, 5.74) is 7.07. The number of nitrogens with one attached hydrogen (secondary N) is 1. The molecule has 0 aliphatic heterocycles. The Morgan fingerprint density at radius 3 is 2.50 bits per heavy atom. The van der Waals surface area contributed by atoms with Crippen molar-refractivity contribution in [3.63, 3.8) is 0 Å². The van der Waals surface area contributed by atoms with Gasteiger partial charge in [-0.15, -0.1) is 0 Å². The summed E-state index contributed by atoms with van der Waals surface area (Å²) in [6.07, 6.45) is 0. The molecule has 5 N–H and O–H groups in total. The molecule has 2 rings (SSSR count). The molecule has 8 nitrogen and oxygen atoms in total. The molecular formula is C18H22N4O4. The van der Waals surface area contributed by atoms with Crippen LogP contribution < -0.4 is 26.4 Å². The Bertz CT molecular complexity index is 795. The summed E-state index contributed by atoms with van der Waals surface area (Å²) in [5.74, 6) is 6.01. The quantitative estimate of drug-likeness (QED) is 0.293. The van der Waals surface area contributed by atoms with Gasteiger partial charge in [0.25, 0.3) is 5.91 Å². The SMILES string of the molecule is COc1ccc(CNC(=O)CN(N)C(=O)c2ccccc2N)c(OC)c1. The van der Waals surface area contributed by atoms with Gasteiger partial charge in [0.2, 0.25) is 5.91 Å². The molecule has 26 heavy (non-hydrogen) atoms. The van der Waals surface area contributed by atoms with Crippen LogP contribution >= 0.6 is 0 Å². The highest BCUT2D eigenvalue weighted by Gasteiger charge is 2.17. The number of benzene rings is 2. The fourth-order valence-corrected chi connectivity index (χ4v) is 2.32.